The van der Waals surface area contributed by atoms with E-state index in [0.29, 0.717) is 16.3 Å². The third-order valence-corrected chi connectivity index (χ3v) is 3.52. The van der Waals surface area contributed by atoms with Crippen molar-refractivity contribution in [1.82, 2.24) is 9.78 Å². The average Bonchev–Trinajstić information content (AvgIpc) is 2.74. The minimum absolute atomic E-state index is 0.00957. The molecule has 2 aromatic rings. The average molecular weight is 346 g/mol. The van der Waals surface area contributed by atoms with Gasteiger partial charge in [0.2, 0.25) is 5.78 Å². The van der Waals surface area contributed by atoms with Gasteiger partial charge in [0, 0.05) is 11.6 Å². The highest BCUT2D eigenvalue weighted by Gasteiger charge is 2.21. The van der Waals surface area contributed by atoms with E-state index in [9.17, 15) is 9.18 Å². The molecule has 100 valence electrons. The van der Waals surface area contributed by atoms with Crippen LogP contribution in [0.25, 0.3) is 0 Å². The van der Waals surface area contributed by atoms with E-state index in [1.807, 2.05) is 13.8 Å². The predicted molar refractivity (Wildman–Crippen MR) is 75.2 cm³/mol. The molecular weight excluding hydrogens is 335 g/mol. The largest absolute Gasteiger partial charge is 0.287 e. The lowest BCUT2D eigenvalue weighted by molar-refractivity contribution is 0.102. The first-order valence-electron chi connectivity index (χ1n) is 5.64. The van der Waals surface area contributed by atoms with E-state index < -0.39 is 5.82 Å². The maximum Gasteiger partial charge on any atom is 0.212 e. The normalized spacial score (nSPS) is 11.1. The molecule has 0 spiro atoms. The van der Waals surface area contributed by atoms with Crippen molar-refractivity contribution in [2.45, 2.75) is 19.9 Å². The van der Waals surface area contributed by atoms with Crippen LogP contribution in [0.1, 0.15) is 35.9 Å². The number of aromatic nitrogens is 2. The van der Waals surface area contributed by atoms with E-state index in [1.165, 1.54) is 24.4 Å². The molecule has 0 atom stereocenters. The summed E-state index contributed by atoms with van der Waals surface area (Å²) in [6, 6.07) is 4.11. The maximum absolute atomic E-state index is 13.2. The van der Waals surface area contributed by atoms with E-state index in [0.717, 1.165) is 0 Å². The quantitative estimate of drug-likeness (QED) is 0.780. The molecule has 2 rings (SSSR count). The Labute approximate surface area is 123 Å². The molecule has 6 heteroatoms. The van der Waals surface area contributed by atoms with Gasteiger partial charge in [-0.15, -0.1) is 0 Å². The number of hydrogen-bond acceptors (Lipinski definition) is 2. The molecule has 0 radical (unpaired) electrons. The second-order valence-electron chi connectivity index (χ2n) is 4.34. The molecule has 0 fully saturated rings. The van der Waals surface area contributed by atoms with Crippen molar-refractivity contribution < 1.29 is 9.18 Å². The second kappa shape index (κ2) is 5.43. The van der Waals surface area contributed by atoms with Crippen molar-refractivity contribution >= 4 is 33.3 Å². The monoisotopic (exact) mass is 344 g/mol. The summed E-state index contributed by atoms with van der Waals surface area (Å²) in [4.78, 5) is 12.4. The second-order valence-corrected chi connectivity index (χ2v) is 5.60. The van der Waals surface area contributed by atoms with Crippen LogP contribution in [0.4, 0.5) is 4.39 Å². The zero-order valence-electron chi connectivity index (χ0n) is 10.3. The molecule has 0 bridgehead atoms. The van der Waals surface area contributed by atoms with Crippen LogP contribution >= 0.6 is 27.5 Å². The summed E-state index contributed by atoms with van der Waals surface area (Å²) >= 11 is 9.08. The van der Waals surface area contributed by atoms with E-state index in [-0.39, 0.29) is 16.3 Å². The first-order chi connectivity index (χ1) is 8.91. The number of nitrogens with zero attached hydrogens (tertiary/aromatic N) is 2. The molecule has 1 heterocycles. The number of carbonyl (C=O) groups is 1. The van der Waals surface area contributed by atoms with Crippen molar-refractivity contribution in [2.75, 3.05) is 0 Å². The van der Waals surface area contributed by atoms with Crippen LogP contribution < -0.4 is 0 Å². The fourth-order valence-electron chi connectivity index (χ4n) is 1.72. The van der Waals surface area contributed by atoms with E-state index in [2.05, 4.69) is 21.0 Å². The topological polar surface area (TPSA) is 34.9 Å². The van der Waals surface area contributed by atoms with Crippen molar-refractivity contribution in [1.29, 1.82) is 0 Å². The Morgan fingerprint density at radius 3 is 2.74 bits per heavy atom. The number of carbonyl (C=O) groups excluding carboxylic acids is 1. The Morgan fingerprint density at radius 1 is 1.47 bits per heavy atom. The van der Waals surface area contributed by atoms with Gasteiger partial charge >= 0.3 is 0 Å². The lowest BCUT2D eigenvalue weighted by atomic mass is 10.1. The molecule has 1 aromatic carbocycles. The Kier molecular flexibility index (Phi) is 4.06. The number of halogens is 3. The third kappa shape index (κ3) is 2.72. The van der Waals surface area contributed by atoms with Gasteiger partial charge in [0.15, 0.2) is 0 Å². The standard InChI is InChI=1S/C13H11BrClFN2O/c1-7(2)18-12(10(15)6-17-18)13(19)8-3-4-11(16)9(14)5-8/h3-7H,1-2H3. The number of ketones is 1. The molecule has 19 heavy (non-hydrogen) atoms. The van der Waals surface area contributed by atoms with Gasteiger partial charge in [-0.3, -0.25) is 9.48 Å². The highest BCUT2D eigenvalue weighted by molar-refractivity contribution is 9.10. The van der Waals surface area contributed by atoms with Gasteiger partial charge in [0.05, 0.1) is 15.7 Å². The Balaban J connectivity index is 2.49. The first-order valence-corrected chi connectivity index (χ1v) is 6.81. The molecule has 0 aliphatic heterocycles. The van der Waals surface area contributed by atoms with Crippen molar-refractivity contribution in [2.24, 2.45) is 0 Å². The number of rotatable bonds is 3. The third-order valence-electron chi connectivity index (χ3n) is 2.64. The summed E-state index contributed by atoms with van der Waals surface area (Å²) in [5, 5.41) is 4.37. The Hall–Kier alpha value is -1.20. The van der Waals surface area contributed by atoms with Crippen molar-refractivity contribution in [3.05, 3.63) is 51.0 Å². The zero-order chi connectivity index (χ0) is 14.2. The molecule has 0 aliphatic carbocycles. The van der Waals surface area contributed by atoms with Gasteiger partial charge in [0.25, 0.3) is 0 Å². The maximum atomic E-state index is 13.2. The summed E-state index contributed by atoms with van der Waals surface area (Å²) in [7, 11) is 0. The first kappa shape index (κ1) is 14.2. The van der Waals surface area contributed by atoms with Crippen LogP contribution in [0.5, 0.6) is 0 Å². The zero-order valence-corrected chi connectivity index (χ0v) is 12.7. The molecular formula is C13H11BrClFN2O. The fourth-order valence-corrected chi connectivity index (χ4v) is 2.31. The molecule has 0 saturated carbocycles. The van der Waals surface area contributed by atoms with E-state index in [4.69, 9.17) is 11.6 Å². The van der Waals surface area contributed by atoms with Gasteiger partial charge in [-0.05, 0) is 48.0 Å². The lowest BCUT2D eigenvalue weighted by Gasteiger charge is -2.10. The van der Waals surface area contributed by atoms with Crippen molar-refractivity contribution in [3.63, 3.8) is 0 Å². The van der Waals surface area contributed by atoms with Gasteiger partial charge in [-0.1, -0.05) is 11.6 Å². The molecule has 0 aliphatic rings. The van der Waals surface area contributed by atoms with Crippen LogP contribution in [-0.2, 0) is 0 Å². The number of benzene rings is 1. The molecule has 0 amide bonds. The summed E-state index contributed by atoms with van der Waals surface area (Å²) in [6.07, 6.45) is 1.44. The molecule has 1 aromatic heterocycles. The van der Waals surface area contributed by atoms with E-state index >= 15 is 0 Å². The van der Waals surface area contributed by atoms with Crippen LogP contribution in [0, 0.1) is 5.82 Å². The van der Waals surface area contributed by atoms with Crippen LogP contribution in [0.3, 0.4) is 0 Å². The van der Waals surface area contributed by atoms with Crippen LogP contribution in [0.2, 0.25) is 5.02 Å². The molecule has 0 saturated heterocycles. The Bertz CT molecular complexity index is 640. The van der Waals surface area contributed by atoms with E-state index in [1.54, 1.807) is 4.68 Å². The molecule has 0 unspecified atom stereocenters. The minimum atomic E-state index is -0.417. The van der Waals surface area contributed by atoms with Gasteiger partial charge < -0.3 is 0 Å². The number of hydrogen-bond donors (Lipinski definition) is 0. The minimum Gasteiger partial charge on any atom is -0.287 e. The van der Waals surface area contributed by atoms with Gasteiger partial charge in [-0.2, -0.15) is 5.10 Å². The summed E-state index contributed by atoms with van der Waals surface area (Å²) in [6.45, 7) is 3.81. The Morgan fingerprint density at radius 2 is 2.16 bits per heavy atom. The van der Waals surface area contributed by atoms with Crippen LogP contribution in [-0.4, -0.2) is 15.6 Å². The van der Waals surface area contributed by atoms with Gasteiger partial charge in [0.1, 0.15) is 11.5 Å². The SMILES string of the molecule is CC(C)n1ncc(Cl)c1C(=O)c1ccc(F)c(Br)c1. The highest BCUT2D eigenvalue weighted by atomic mass is 79.9. The lowest BCUT2D eigenvalue weighted by Crippen LogP contribution is -2.14. The smallest absolute Gasteiger partial charge is 0.212 e. The summed E-state index contributed by atoms with van der Waals surface area (Å²) < 4.78 is 15.0. The summed E-state index contributed by atoms with van der Waals surface area (Å²) in [5.74, 6) is -0.697. The summed E-state index contributed by atoms with van der Waals surface area (Å²) in [5.41, 5.74) is 0.674. The predicted octanol–water partition coefficient (Wildman–Crippen LogP) is 4.25. The van der Waals surface area contributed by atoms with Gasteiger partial charge in [-0.25, -0.2) is 4.39 Å². The molecule has 3 nitrogen and oxygen atoms in total. The fraction of sp³-hybridized carbons (Fsp3) is 0.231. The van der Waals surface area contributed by atoms with Crippen molar-refractivity contribution in [3.8, 4) is 0 Å². The highest BCUT2D eigenvalue weighted by Crippen LogP contribution is 2.24. The van der Waals surface area contributed by atoms with Crippen LogP contribution in [0.15, 0.2) is 28.9 Å². The molecule has 0 N–H and O–H groups in total.